The Balaban J connectivity index is 2.11. The van der Waals surface area contributed by atoms with Crippen LogP contribution in [0.3, 0.4) is 0 Å². The smallest absolute Gasteiger partial charge is 0.165 e. The summed E-state index contributed by atoms with van der Waals surface area (Å²) in [6.45, 7) is 4.35. The molecule has 0 atom stereocenters. The average Bonchev–Trinajstić information content (AvgIpc) is 2.85. The van der Waals surface area contributed by atoms with Gasteiger partial charge in [0.25, 0.3) is 0 Å². The fourth-order valence-electron chi connectivity index (χ4n) is 1.66. The van der Waals surface area contributed by atoms with Crippen molar-refractivity contribution in [1.82, 2.24) is 14.8 Å². The van der Waals surface area contributed by atoms with Crippen molar-refractivity contribution in [2.45, 2.75) is 26.5 Å². The molecule has 18 heavy (non-hydrogen) atoms. The summed E-state index contributed by atoms with van der Waals surface area (Å²) >= 11 is 0. The molecule has 5 nitrogen and oxygen atoms in total. The van der Waals surface area contributed by atoms with E-state index in [1.165, 1.54) is 6.33 Å². The predicted molar refractivity (Wildman–Crippen MR) is 66.6 cm³/mol. The summed E-state index contributed by atoms with van der Waals surface area (Å²) in [4.78, 5) is 15.0. The van der Waals surface area contributed by atoms with Crippen LogP contribution in [0, 0.1) is 0 Å². The van der Waals surface area contributed by atoms with Gasteiger partial charge in [0.1, 0.15) is 18.7 Å². The first kappa shape index (κ1) is 12.3. The molecule has 2 aromatic rings. The first-order valence-electron chi connectivity index (χ1n) is 5.77. The van der Waals surface area contributed by atoms with Crippen LogP contribution in [0.1, 0.15) is 36.1 Å². The van der Waals surface area contributed by atoms with Crippen molar-refractivity contribution in [2.24, 2.45) is 0 Å². The van der Waals surface area contributed by atoms with Crippen molar-refractivity contribution in [3.05, 3.63) is 42.0 Å². The van der Waals surface area contributed by atoms with Gasteiger partial charge in [0.2, 0.25) is 0 Å². The zero-order valence-electron chi connectivity index (χ0n) is 10.4. The van der Waals surface area contributed by atoms with E-state index >= 15 is 0 Å². The normalized spacial score (nSPS) is 10.6. The molecule has 0 bridgehead atoms. The Hall–Kier alpha value is -2.17. The molecule has 1 aromatic carbocycles. The van der Waals surface area contributed by atoms with Gasteiger partial charge in [0, 0.05) is 6.04 Å². The quantitative estimate of drug-likeness (QED) is 0.758. The number of rotatable bonds is 5. The molecule has 94 valence electrons. The molecule has 5 heteroatoms. The van der Waals surface area contributed by atoms with Crippen LogP contribution in [-0.4, -0.2) is 21.1 Å². The number of nitrogens with zero attached hydrogens (tertiary/aromatic N) is 3. The van der Waals surface area contributed by atoms with Crippen LogP contribution in [0.2, 0.25) is 0 Å². The second-order valence-electron chi connectivity index (χ2n) is 4.16. The van der Waals surface area contributed by atoms with Gasteiger partial charge in [-0.3, -0.25) is 4.79 Å². The van der Waals surface area contributed by atoms with Crippen LogP contribution in [0.15, 0.2) is 30.6 Å². The summed E-state index contributed by atoms with van der Waals surface area (Å²) < 4.78 is 7.40. The van der Waals surface area contributed by atoms with Crippen molar-refractivity contribution in [3.63, 3.8) is 0 Å². The van der Waals surface area contributed by atoms with Crippen LogP contribution in [0.5, 0.6) is 5.75 Å². The lowest BCUT2D eigenvalue weighted by molar-refractivity contribution is 0.111. The van der Waals surface area contributed by atoms with E-state index in [2.05, 4.69) is 10.1 Å². The highest BCUT2D eigenvalue weighted by atomic mass is 16.5. The van der Waals surface area contributed by atoms with E-state index in [-0.39, 0.29) is 6.04 Å². The Morgan fingerprint density at radius 1 is 1.39 bits per heavy atom. The third-order valence-electron chi connectivity index (χ3n) is 2.54. The van der Waals surface area contributed by atoms with Crippen molar-refractivity contribution in [1.29, 1.82) is 0 Å². The summed E-state index contributed by atoms with van der Waals surface area (Å²) in [5.74, 6) is 1.30. The van der Waals surface area contributed by atoms with E-state index in [0.717, 1.165) is 12.1 Å². The molecule has 0 N–H and O–H groups in total. The summed E-state index contributed by atoms with van der Waals surface area (Å²) in [7, 11) is 0. The van der Waals surface area contributed by atoms with Gasteiger partial charge in [-0.2, -0.15) is 5.10 Å². The lowest BCUT2D eigenvalue weighted by atomic mass is 10.2. The molecule has 0 unspecified atom stereocenters. The van der Waals surface area contributed by atoms with Crippen molar-refractivity contribution < 1.29 is 9.53 Å². The summed E-state index contributed by atoms with van der Waals surface area (Å²) in [5.41, 5.74) is 0.535. The maximum absolute atomic E-state index is 10.9. The number of carbonyl (C=O) groups is 1. The topological polar surface area (TPSA) is 57.0 Å². The van der Waals surface area contributed by atoms with E-state index in [1.54, 1.807) is 22.9 Å². The lowest BCUT2D eigenvalue weighted by Gasteiger charge is -2.11. The van der Waals surface area contributed by atoms with Crippen molar-refractivity contribution in [2.75, 3.05) is 0 Å². The van der Waals surface area contributed by atoms with Crippen LogP contribution in [0.25, 0.3) is 0 Å². The molecular weight excluding hydrogens is 230 g/mol. The van der Waals surface area contributed by atoms with Crippen LogP contribution in [-0.2, 0) is 6.61 Å². The minimum Gasteiger partial charge on any atom is -0.485 e. The largest absolute Gasteiger partial charge is 0.485 e. The molecule has 0 fully saturated rings. The molecule has 2 rings (SSSR count). The first-order chi connectivity index (χ1) is 8.72. The summed E-state index contributed by atoms with van der Waals surface area (Å²) in [5, 5.41) is 4.13. The second kappa shape index (κ2) is 5.44. The molecule has 0 amide bonds. The molecule has 0 aliphatic carbocycles. The number of ether oxygens (including phenoxy) is 1. The molecule has 1 heterocycles. The average molecular weight is 245 g/mol. The van der Waals surface area contributed by atoms with E-state index in [1.807, 2.05) is 19.9 Å². The van der Waals surface area contributed by atoms with Gasteiger partial charge < -0.3 is 4.74 Å². The van der Waals surface area contributed by atoms with Crippen LogP contribution in [0.4, 0.5) is 0 Å². The minimum absolute atomic E-state index is 0.229. The predicted octanol–water partition coefficient (Wildman–Crippen LogP) is 2.25. The van der Waals surface area contributed by atoms with Crippen molar-refractivity contribution in [3.8, 4) is 5.75 Å². The molecule has 0 saturated heterocycles. The Kier molecular flexibility index (Phi) is 3.72. The fourth-order valence-corrected chi connectivity index (χ4v) is 1.66. The highest BCUT2D eigenvalue weighted by Gasteiger charge is 2.09. The third-order valence-corrected chi connectivity index (χ3v) is 2.54. The number of hydrogen-bond donors (Lipinski definition) is 0. The number of carbonyl (C=O) groups excluding carboxylic acids is 1. The van der Waals surface area contributed by atoms with E-state index in [9.17, 15) is 4.79 Å². The van der Waals surface area contributed by atoms with E-state index in [4.69, 9.17) is 4.74 Å². The van der Waals surface area contributed by atoms with Crippen LogP contribution >= 0.6 is 0 Å². The number of aldehydes is 1. The Morgan fingerprint density at radius 3 is 2.89 bits per heavy atom. The minimum atomic E-state index is 0.229. The van der Waals surface area contributed by atoms with Crippen LogP contribution < -0.4 is 4.74 Å². The standard InChI is InChI=1S/C13H15N3O2/c1-10(2)16-13(14-9-15-16)8-18-12-6-4-3-5-11(12)7-17/h3-7,9-10H,8H2,1-2H3. The lowest BCUT2D eigenvalue weighted by Crippen LogP contribution is -2.11. The van der Waals surface area contributed by atoms with E-state index < -0.39 is 0 Å². The van der Waals surface area contributed by atoms with E-state index in [0.29, 0.717) is 17.9 Å². The van der Waals surface area contributed by atoms with Gasteiger partial charge in [0.15, 0.2) is 12.1 Å². The van der Waals surface area contributed by atoms with Gasteiger partial charge in [-0.1, -0.05) is 12.1 Å². The maximum Gasteiger partial charge on any atom is 0.165 e. The SMILES string of the molecule is CC(C)n1ncnc1COc1ccccc1C=O. The monoisotopic (exact) mass is 245 g/mol. The second-order valence-corrected chi connectivity index (χ2v) is 4.16. The van der Waals surface area contributed by atoms with Gasteiger partial charge >= 0.3 is 0 Å². The number of aromatic nitrogens is 3. The summed E-state index contributed by atoms with van der Waals surface area (Å²) in [6.07, 6.45) is 2.28. The summed E-state index contributed by atoms with van der Waals surface area (Å²) in [6, 6.07) is 7.34. The van der Waals surface area contributed by atoms with Gasteiger partial charge in [-0.05, 0) is 26.0 Å². The molecule has 1 aromatic heterocycles. The zero-order chi connectivity index (χ0) is 13.0. The highest BCUT2D eigenvalue weighted by molar-refractivity contribution is 5.79. The number of hydrogen-bond acceptors (Lipinski definition) is 4. The van der Waals surface area contributed by atoms with Gasteiger partial charge in [-0.25, -0.2) is 9.67 Å². The Morgan fingerprint density at radius 2 is 2.17 bits per heavy atom. The third kappa shape index (κ3) is 2.56. The number of para-hydroxylation sites is 1. The maximum atomic E-state index is 10.9. The Bertz CT molecular complexity index is 535. The highest BCUT2D eigenvalue weighted by Crippen LogP contribution is 2.17. The molecule has 0 radical (unpaired) electrons. The molecule has 0 aliphatic rings. The fraction of sp³-hybridized carbons (Fsp3) is 0.308. The number of benzene rings is 1. The zero-order valence-corrected chi connectivity index (χ0v) is 10.4. The Labute approximate surface area is 105 Å². The molecule has 0 spiro atoms. The van der Waals surface area contributed by atoms with Gasteiger partial charge in [-0.15, -0.1) is 0 Å². The van der Waals surface area contributed by atoms with Crippen molar-refractivity contribution >= 4 is 6.29 Å². The molecule has 0 saturated carbocycles. The first-order valence-corrected chi connectivity index (χ1v) is 5.77. The molecular formula is C13H15N3O2. The van der Waals surface area contributed by atoms with Gasteiger partial charge in [0.05, 0.1) is 5.56 Å². The molecule has 0 aliphatic heterocycles.